The van der Waals surface area contributed by atoms with Gasteiger partial charge in [0.1, 0.15) is 0 Å². The van der Waals surface area contributed by atoms with Crippen molar-refractivity contribution >= 4 is 11.3 Å². The lowest BCUT2D eigenvalue weighted by Crippen LogP contribution is -2.04. The zero-order chi connectivity index (χ0) is 10.8. The van der Waals surface area contributed by atoms with Gasteiger partial charge in [0, 0.05) is 11.3 Å². The second kappa shape index (κ2) is 3.96. The molecule has 0 spiro atoms. The maximum Gasteiger partial charge on any atom is 0.0352 e. The first kappa shape index (κ1) is 10.1. The van der Waals surface area contributed by atoms with Crippen LogP contribution in [-0.2, 0) is 6.42 Å². The summed E-state index contributed by atoms with van der Waals surface area (Å²) in [4.78, 5) is 0. The molecule has 0 aliphatic heterocycles. The Morgan fingerprint density at radius 3 is 2.80 bits per heavy atom. The van der Waals surface area contributed by atoms with Crippen molar-refractivity contribution in [3.63, 3.8) is 0 Å². The van der Waals surface area contributed by atoms with Crippen molar-refractivity contribution in [3.8, 4) is 0 Å². The first-order chi connectivity index (χ1) is 7.18. The van der Waals surface area contributed by atoms with Crippen molar-refractivity contribution in [2.24, 2.45) is 0 Å². The van der Waals surface area contributed by atoms with Crippen LogP contribution in [0.15, 0.2) is 29.5 Å². The van der Waals surface area contributed by atoms with Crippen molar-refractivity contribution < 1.29 is 0 Å². The molecule has 0 radical (unpaired) electrons. The molecule has 1 heteroatoms. The summed E-state index contributed by atoms with van der Waals surface area (Å²) in [5.74, 6) is 0. The highest BCUT2D eigenvalue weighted by Crippen LogP contribution is 2.33. The standard InChI is InChI=1S/C14H17N/c1-10(2)9-11-5-3-7-13-12(11)6-4-8-14(13)15/h4,6,8H,3,5,7,15H2,1-2H3. The van der Waals surface area contributed by atoms with E-state index in [1.165, 1.54) is 28.7 Å². The lowest BCUT2D eigenvalue weighted by molar-refractivity contribution is 0.825. The summed E-state index contributed by atoms with van der Waals surface area (Å²) < 4.78 is 0. The third-order valence-corrected chi connectivity index (χ3v) is 2.79. The topological polar surface area (TPSA) is 26.0 Å². The van der Waals surface area contributed by atoms with Gasteiger partial charge in [0.15, 0.2) is 0 Å². The Bertz CT molecular complexity index is 444. The highest BCUT2D eigenvalue weighted by Gasteiger charge is 2.15. The summed E-state index contributed by atoms with van der Waals surface area (Å²) in [5, 5.41) is 0. The number of benzene rings is 1. The van der Waals surface area contributed by atoms with E-state index < -0.39 is 0 Å². The van der Waals surface area contributed by atoms with E-state index in [1.54, 1.807) is 0 Å². The van der Waals surface area contributed by atoms with Gasteiger partial charge in [0.2, 0.25) is 0 Å². The number of anilines is 1. The number of hydrogen-bond donors (Lipinski definition) is 1. The van der Waals surface area contributed by atoms with Crippen molar-refractivity contribution in [2.45, 2.75) is 33.1 Å². The summed E-state index contributed by atoms with van der Waals surface area (Å²) in [6.07, 6.45) is 3.43. The van der Waals surface area contributed by atoms with E-state index in [2.05, 4.69) is 25.6 Å². The average Bonchev–Trinajstić information content (AvgIpc) is 2.19. The van der Waals surface area contributed by atoms with Gasteiger partial charge in [-0.25, -0.2) is 0 Å². The lowest BCUT2D eigenvalue weighted by Gasteiger charge is -2.19. The van der Waals surface area contributed by atoms with Crippen LogP contribution >= 0.6 is 0 Å². The second-order valence-electron chi connectivity index (χ2n) is 4.33. The quantitative estimate of drug-likeness (QED) is 0.502. The van der Waals surface area contributed by atoms with Gasteiger partial charge in [-0.3, -0.25) is 0 Å². The second-order valence-corrected chi connectivity index (χ2v) is 4.33. The van der Waals surface area contributed by atoms with Gasteiger partial charge >= 0.3 is 0 Å². The molecular formula is C14H17N. The molecule has 2 rings (SSSR count). The van der Waals surface area contributed by atoms with Gasteiger partial charge in [0.05, 0.1) is 0 Å². The van der Waals surface area contributed by atoms with Crippen LogP contribution in [0.5, 0.6) is 0 Å². The smallest absolute Gasteiger partial charge is 0.0352 e. The summed E-state index contributed by atoms with van der Waals surface area (Å²) in [6, 6.07) is 6.19. The molecule has 2 N–H and O–H groups in total. The molecule has 1 aliphatic carbocycles. The van der Waals surface area contributed by atoms with Crippen LogP contribution in [0.2, 0.25) is 0 Å². The first-order valence-electron chi connectivity index (χ1n) is 5.49. The number of hydrogen-bond acceptors (Lipinski definition) is 1. The van der Waals surface area contributed by atoms with E-state index in [4.69, 9.17) is 5.73 Å². The fourth-order valence-electron chi connectivity index (χ4n) is 2.17. The largest absolute Gasteiger partial charge is 0.398 e. The summed E-state index contributed by atoms with van der Waals surface area (Å²) >= 11 is 0. The number of nitrogen functional groups attached to an aromatic ring is 1. The molecular weight excluding hydrogens is 182 g/mol. The van der Waals surface area contributed by atoms with Gasteiger partial charge in [-0.2, -0.15) is 0 Å². The minimum absolute atomic E-state index is 0.931. The van der Waals surface area contributed by atoms with E-state index >= 15 is 0 Å². The van der Waals surface area contributed by atoms with Gasteiger partial charge in [-0.05, 0) is 55.9 Å². The average molecular weight is 199 g/mol. The van der Waals surface area contributed by atoms with Crippen LogP contribution in [-0.4, -0.2) is 0 Å². The summed E-state index contributed by atoms with van der Waals surface area (Å²) in [5.41, 5.74) is 15.5. The molecule has 0 aromatic heterocycles. The number of rotatable bonds is 0. The van der Waals surface area contributed by atoms with Crippen LogP contribution < -0.4 is 5.73 Å². The number of fused-ring (bicyclic) bond motifs is 1. The van der Waals surface area contributed by atoms with Gasteiger partial charge in [-0.1, -0.05) is 12.1 Å². The van der Waals surface area contributed by atoms with Crippen LogP contribution in [0.1, 0.15) is 37.8 Å². The minimum Gasteiger partial charge on any atom is -0.398 e. The number of nitrogens with two attached hydrogens (primary N) is 1. The van der Waals surface area contributed by atoms with Crippen LogP contribution in [0, 0.1) is 0 Å². The molecule has 0 unspecified atom stereocenters. The Balaban J connectivity index is 2.63. The molecule has 0 saturated carbocycles. The van der Waals surface area contributed by atoms with E-state index in [0.717, 1.165) is 18.5 Å². The van der Waals surface area contributed by atoms with Crippen LogP contribution in [0.3, 0.4) is 0 Å². The normalized spacial score (nSPS) is 14.4. The molecule has 15 heavy (non-hydrogen) atoms. The maximum absolute atomic E-state index is 5.99. The van der Waals surface area contributed by atoms with Crippen LogP contribution in [0.4, 0.5) is 5.69 Å². The highest BCUT2D eigenvalue weighted by molar-refractivity contribution is 5.74. The maximum atomic E-state index is 5.99. The molecule has 0 bridgehead atoms. The molecule has 0 saturated heterocycles. The third kappa shape index (κ3) is 1.98. The van der Waals surface area contributed by atoms with Crippen LogP contribution in [0.25, 0.3) is 5.57 Å². The Labute approximate surface area is 91.3 Å². The predicted octanol–water partition coefficient (Wildman–Crippen LogP) is 3.55. The Morgan fingerprint density at radius 2 is 2.07 bits per heavy atom. The van der Waals surface area contributed by atoms with Crippen molar-refractivity contribution in [2.75, 3.05) is 5.73 Å². The minimum atomic E-state index is 0.931. The van der Waals surface area contributed by atoms with E-state index in [9.17, 15) is 0 Å². The Morgan fingerprint density at radius 1 is 1.27 bits per heavy atom. The molecule has 1 aromatic rings. The predicted molar refractivity (Wildman–Crippen MR) is 65.6 cm³/mol. The monoisotopic (exact) mass is 199 g/mol. The fraction of sp³-hybridized carbons (Fsp3) is 0.357. The molecule has 0 heterocycles. The molecule has 0 atom stereocenters. The van der Waals surface area contributed by atoms with E-state index in [1.807, 2.05) is 12.1 Å². The molecule has 1 aromatic carbocycles. The lowest BCUT2D eigenvalue weighted by atomic mass is 9.86. The zero-order valence-corrected chi connectivity index (χ0v) is 9.43. The molecule has 78 valence electrons. The van der Waals surface area contributed by atoms with Gasteiger partial charge < -0.3 is 5.73 Å². The van der Waals surface area contributed by atoms with Crippen molar-refractivity contribution in [1.82, 2.24) is 0 Å². The van der Waals surface area contributed by atoms with E-state index in [-0.39, 0.29) is 0 Å². The SMILES string of the molecule is CC(C)=C=C1CCCc2c(N)cccc21. The fourth-order valence-corrected chi connectivity index (χ4v) is 2.17. The van der Waals surface area contributed by atoms with Gasteiger partial charge in [-0.15, -0.1) is 5.73 Å². The summed E-state index contributed by atoms with van der Waals surface area (Å²) in [7, 11) is 0. The molecule has 1 aliphatic rings. The first-order valence-corrected chi connectivity index (χ1v) is 5.49. The summed E-state index contributed by atoms with van der Waals surface area (Å²) in [6.45, 7) is 4.18. The van der Waals surface area contributed by atoms with Crippen molar-refractivity contribution in [3.05, 3.63) is 40.6 Å². The van der Waals surface area contributed by atoms with Gasteiger partial charge in [0.25, 0.3) is 0 Å². The Hall–Kier alpha value is -1.46. The molecule has 1 nitrogen and oxygen atoms in total. The molecule has 0 amide bonds. The Kier molecular flexibility index (Phi) is 2.66. The highest BCUT2D eigenvalue weighted by atomic mass is 14.6. The third-order valence-electron chi connectivity index (χ3n) is 2.79. The molecule has 0 fully saturated rings. The van der Waals surface area contributed by atoms with E-state index in [0.29, 0.717) is 0 Å². The zero-order valence-electron chi connectivity index (χ0n) is 9.43. The van der Waals surface area contributed by atoms with Crippen molar-refractivity contribution in [1.29, 1.82) is 0 Å². The number of allylic oxidation sites excluding steroid dienone is 1.